The van der Waals surface area contributed by atoms with E-state index in [1.165, 1.54) is 29.4 Å². The van der Waals surface area contributed by atoms with Crippen LogP contribution in [-0.4, -0.2) is 11.1 Å². The first-order valence-corrected chi connectivity index (χ1v) is 9.81. The molecule has 1 unspecified atom stereocenters. The van der Waals surface area contributed by atoms with Gasteiger partial charge in [0.1, 0.15) is 5.75 Å². The zero-order valence-electron chi connectivity index (χ0n) is 16.0. The molecular weight excluding hydrogens is 330 g/mol. The van der Waals surface area contributed by atoms with Crippen LogP contribution in [0.25, 0.3) is 32.9 Å². The normalized spacial score (nSPS) is 12.4. The van der Waals surface area contributed by atoms with Gasteiger partial charge >= 0.3 is 0 Å². The molecule has 3 aromatic carbocycles. The molecule has 1 heterocycles. The van der Waals surface area contributed by atoms with Gasteiger partial charge in [-0.05, 0) is 43.2 Å². The van der Waals surface area contributed by atoms with Crippen molar-refractivity contribution in [2.24, 2.45) is 0 Å². The van der Waals surface area contributed by atoms with Gasteiger partial charge in [-0.1, -0.05) is 68.3 Å². The monoisotopic (exact) mass is 355 g/mol. The Hall–Kier alpha value is -2.87. The number of fused-ring (bicyclic) bond motifs is 2. The summed E-state index contributed by atoms with van der Waals surface area (Å²) < 4.78 is 6.20. The fourth-order valence-corrected chi connectivity index (χ4v) is 3.64. The molecule has 0 spiro atoms. The molecule has 1 aromatic heterocycles. The number of aromatic nitrogens is 1. The van der Waals surface area contributed by atoms with Crippen LogP contribution in [0.1, 0.15) is 33.1 Å². The molecular formula is C25H25NO. The standard InChI is InChI=1S/C25H25NO/c1-3-4-10-18(2)27-20-15-16-24-22(17-20)25(19-11-6-5-7-12-19)21-13-8-9-14-23(21)26-24/h5-9,11-18H,3-4,10H2,1-2H3. The van der Waals surface area contributed by atoms with Crippen LogP contribution >= 0.6 is 0 Å². The van der Waals surface area contributed by atoms with Crippen LogP contribution in [0.5, 0.6) is 5.75 Å². The van der Waals surface area contributed by atoms with Gasteiger partial charge in [-0.2, -0.15) is 0 Å². The first-order chi connectivity index (χ1) is 13.3. The first-order valence-electron chi connectivity index (χ1n) is 9.81. The number of pyridine rings is 1. The molecule has 0 saturated heterocycles. The molecule has 27 heavy (non-hydrogen) atoms. The fraction of sp³-hybridized carbons (Fsp3) is 0.240. The smallest absolute Gasteiger partial charge is 0.120 e. The Bertz CT molecular complexity index is 1060. The molecule has 136 valence electrons. The average molecular weight is 355 g/mol. The molecule has 0 amide bonds. The Morgan fingerprint density at radius 1 is 0.852 bits per heavy atom. The number of nitrogens with zero attached hydrogens (tertiary/aromatic N) is 1. The van der Waals surface area contributed by atoms with Gasteiger partial charge in [-0.25, -0.2) is 4.98 Å². The third kappa shape index (κ3) is 3.66. The van der Waals surface area contributed by atoms with Crippen molar-refractivity contribution in [3.63, 3.8) is 0 Å². The second kappa shape index (κ2) is 7.79. The van der Waals surface area contributed by atoms with Crippen molar-refractivity contribution >= 4 is 21.8 Å². The minimum absolute atomic E-state index is 0.219. The summed E-state index contributed by atoms with van der Waals surface area (Å²) in [5.74, 6) is 0.917. The van der Waals surface area contributed by atoms with Crippen molar-refractivity contribution in [1.82, 2.24) is 4.98 Å². The number of para-hydroxylation sites is 1. The van der Waals surface area contributed by atoms with E-state index in [4.69, 9.17) is 9.72 Å². The molecule has 0 fully saturated rings. The van der Waals surface area contributed by atoms with Gasteiger partial charge in [0.15, 0.2) is 0 Å². The van der Waals surface area contributed by atoms with Crippen LogP contribution in [0.4, 0.5) is 0 Å². The van der Waals surface area contributed by atoms with E-state index in [1.54, 1.807) is 0 Å². The van der Waals surface area contributed by atoms with Crippen molar-refractivity contribution in [2.75, 3.05) is 0 Å². The second-order valence-electron chi connectivity index (χ2n) is 7.12. The molecule has 0 saturated carbocycles. The zero-order chi connectivity index (χ0) is 18.6. The maximum atomic E-state index is 6.20. The molecule has 0 aliphatic carbocycles. The van der Waals surface area contributed by atoms with Crippen LogP contribution in [0.3, 0.4) is 0 Å². The highest BCUT2D eigenvalue weighted by Crippen LogP contribution is 2.36. The van der Waals surface area contributed by atoms with Gasteiger partial charge in [0.05, 0.1) is 17.1 Å². The lowest BCUT2D eigenvalue weighted by atomic mass is 9.96. The Kier molecular flexibility index (Phi) is 5.06. The number of rotatable bonds is 6. The first kappa shape index (κ1) is 17.5. The summed E-state index contributed by atoms with van der Waals surface area (Å²) in [6.07, 6.45) is 3.68. The Morgan fingerprint density at radius 2 is 1.59 bits per heavy atom. The van der Waals surface area contributed by atoms with Crippen LogP contribution in [0.15, 0.2) is 72.8 Å². The highest BCUT2D eigenvalue weighted by Gasteiger charge is 2.12. The molecule has 2 heteroatoms. The number of hydrogen-bond donors (Lipinski definition) is 0. The van der Waals surface area contributed by atoms with E-state index >= 15 is 0 Å². The molecule has 0 N–H and O–H groups in total. The third-order valence-electron chi connectivity index (χ3n) is 5.02. The summed E-state index contributed by atoms with van der Waals surface area (Å²) in [6, 6.07) is 25.2. The summed E-state index contributed by atoms with van der Waals surface area (Å²) in [7, 11) is 0. The van der Waals surface area contributed by atoms with Gasteiger partial charge in [0.2, 0.25) is 0 Å². The van der Waals surface area contributed by atoms with E-state index in [9.17, 15) is 0 Å². The quantitative estimate of drug-likeness (QED) is 0.347. The van der Waals surface area contributed by atoms with E-state index in [0.717, 1.165) is 28.6 Å². The van der Waals surface area contributed by atoms with Crippen LogP contribution in [-0.2, 0) is 0 Å². The van der Waals surface area contributed by atoms with Crippen LogP contribution < -0.4 is 4.74 Å². The van der Waals surface area contributed by atoms with Crippen molar-refractivity contribution < 1.29 is 4.74 Å². The summed E-state index contributed by atoms with van der Waals surface area (Å²) in [5.41, 5.74) is 4.45. The van der Waals surface area contributed by atoms with E-state index in [-0.39, 0.29) is 6.10 Å². The van der Waals surface area contributed by atoms with Gasteiger partial charge in [0, 0.05) is 16.3 Å². The molecule has 0 radical (unpaired) electrons. The predicted molar refractivity (Wildman–Crippen MR) is 114 cm³/mol. The maximum absolute atomic E-state index is 6.20. The lowest BCUT2D eigenvalue weighted by Crippen LogP contribution is -2.11. The highest BCUT2D eigenvalue weighted by atomic mass is 16.5. The molecule has 0 aliphatic heterocycles. The van der Waals surface area contributed by atoms with Gasteiger partial charge in [0.25, 0.3) is 0 Å². The zero-order valence-corrected chi connectivity index (χ0v) is 16.0. The summed E-state index contributed by atoms with van der Waals surface area (Å²) in [6.45, 7) is 4.36. The molecule has 4 rings (SSSR count). The highest BCUT2D eigenvalue weighted by molar-refractivity contribution is 6.09. The Morgan fingerprint density at radius 3 is 2.41 bits per heavy atom. The third-order valence-corrected chi connectivity index (χ3v) is 5.02. The molecule has 0 bridgehead atoms. The van der Waals surface area contributed by atoms with E-state index in [0.29, 0.717) is 0 Å². The molecule has 1 atom stereocenters. The molecule has 4 aromatic rings. The lowest BCUT2D eigenvalue weighted by Gasteiger charge is -2.16. The van der Waals surface area contributed by atoms with Crippen molar-refractivity contribution in [3.05, 3.63) is 72.8 Å². The van der Waals surface area contributed by atoms with E-state index in [2.05, 4.69) is 74.5 Å². The van der Waals surface area contributed by atoms with Crippen LogP contribution in [0, 0.1) is 0 Å². The molecule has 2 nitrogen and oxygen atoms in total. The van der Waals surface area contributed by atoms with Crippen molar-refractivity contribution in [1.29, 1.82) is 0 Å². The summed E-state index contributed by atoms with van der Waals surface area (Å²) in [4.78, 5) is 4.88. The minimum Gasteiger partial charge on any atom is -0.491 e. The Labute approximate surface area is 160 Å². The minimum atomic E-state index is 0.219. The van der Waals surface area contributed by atoms with Gasteiger partial charge in [-0.3, -0.25) is 0 Å². The van der Waals surface area contributed by atoms with Gasteiger partial charge in [-0.15, -0.1) is 0 Å². The summed E-state index contributed by atoms with van der Waals surface area (Å²) in [5, 5.41) is 2.31. The largest absolute Gasteiger partial charge is 0.491 e. The van der Waals surface area contributed by atoms with E-state index < -0.39 is 0 Å². The number of unbranched alkanes of at least 4 members (excludes halogenated alkanes) is 1. The predicted octanol–water partition coefficient (Wildman–Crippen LogP) is 7.01. The number of ether oxygens (including phenoxy) is 1. The number of benzene rings is 3. The maximum Gasteiger partial charge on any atom is 0.120 e. The lowest BCUT2D eigenvalue weighted by molar-refractivity contribution is 0.208. The SMILES string of the molecule is CCCCC(C)Oc1ccc2nc3ccccc3c(-c3ccccc3)c2c1. The topological polar surface area (TPSA) is 22.1 Å². The average Bonchev–Trinajstić information content (AvgIpc) is 2.71. The molecule has 0 aliphatic rings. The van der Waals surface area contributed by atoms with Crippen molar-refractivity contribution in [2.45, 2.75) is 39.2 Å². The fourth-order valence-electron chi connectivity index (χ4n) is 3.64. The second-order valence-corrected chi connectivity index (χ2v) is 7.12. The van der Waals surface area contributed by atoms with Crippen LogP contribution in [0.2, 0.25) is 0 Å². The summed E-state index contributed by atoms with van der Waals surface area (Å²) >= 11 is 0. The Balaban J connectivity index is 1.88. The number of hydrogen-bond acceptors (Lipinski definition) is 2. The van der Waals surface area contributed by atoms with Crippen molar-refractivity contribution in [3.8, 4) is 16.9 Å². The van der Waals surface area contributed by atoms with E-state index in [1.807, 2.05) is 12.1 Å². The van der Waals surface area contributed by atoms with Gasteiger partial charge < -0.3 is 4.74 Å².